The van der Waals surface area contributed by atoms with Crippen LogP contribution in [0.3, 0.4) is 0 Å². The van der Waals surface area contributed by atoms with Crippen LogP contribution in [0, 0.1) is 51.2 Å². The molecule has 5 aliphatic carbocycles. The third-order valence-corrected chi connectivity index (χ3v) is 12.2. The van der Waals surface area contributed by atoms with E-state index in [0.29, 0.717) is 21.7 Å². The summed E-state index contributed by atoms with van der Waals surface area (Å²) in [5.41, 5.74) is 2.59. The lowest BCUT2D eigenvalue weighted by molar-refractivity contribution is -0.224. The number of rotatable bonds is 0. The van der Waals surface area contributed by atoms with Crippen LogP contribution < -0.4 is 0 Å². The van der Waals surface area contributed by atoms with E-state index in [1.165, 1.54) is 51.4 Å². The van der Waals surface area contributed by atoms with Crippen LogP contribution in [0.2, 0.25) is 0 Å². The zero-order valence-electron chi connectivity index (χ0n) is 18.4. The van der Waals surface area contributed by atoms with E-state index in [1.807, 2.05) is 0 Å². The molecule has 5 fully saturated rings. The van der Waals surface area contributed by atoms with Crippen LogP contribution in [-0.2, 0) is 0 Å². The van der Waals surface area contributed by atoms with Crippen molar-refractivity contribution >= 4 is 0 Å². The van der Waals surface area contributed by atoms with E-state index >= 15 is 0 Å². The molecule has 26 heavy (non-hydrogen) atoms. The van der Waals surface area contributed by atoms with Gasteiger partial charge in [-0.1, -0.05) is 53.9 Å². The summed E-state index contributed by atoms with van der Waals surface area (Å²) >= 11 is 0. The van der Waals surface area contributed by atoms with Gasteiger partial charge in [0.05, 0.1) is 0 Å². The lowest BCUT2D eigenvalue weighted by Gasteiger charge is -2.71. The molecule has 0 aromatic heterocycles. The average Bonchev–Trinajstić information content (AvgIpc) is 2.97. The minimum absolute atomic E-state index is 0.613. The highest BCUT2D eigenvalue weighted by Gasteiger charge is 2.67. The molecule has 0 heterocycles. The lowest BCUT2D eigenvalue weighted by atomic mass is 9.33. The van der Waals surface area contributed by atoms with Crippen molar-refractivity contribution < 1.29 is 0 Å². The van der Waals surface area contributed by atoms with Crippen molar-refractivity contribution in [2.75, 3.05) is 0 Å². The molecule has 0 radical (unpaired) electrons. The molecule has 0 saturated heterocycles. The maximum Gasteiger partial charge on any atom is -0.0235 e. The highest BCUT2D eigenvalue weighted by atomic mass is 14.7. The quantitative estimate of drug-likeness (QED) is 0.414. The maximum absolute atomic E-state index is 2.79. The number of fused-ring (bicyclic) bond motifs is 7. The summed E-state index contributed by atoms with van der Waals surface area (Å²) < 4.78 is 0. The van der Waals surface area contributed by atoms with Crippen molar-refractivity contribution in [2.45, 2.75) is 112 Å². The minimum atomic E-state index is 0.613. The van der Waals surface area contributed by atoms with Crippen LogP contribution in [0.1, 0.15) is 112 Å². The summed E-state index contributed by atoms with van der Waals surface area (Å²) in [5, 5.41) is 0. The van der Waals surface area contributed by atoms with E-state index in [4.69, 9.17) is 0 Å². The summed E-state index contributed by atoms with van der Waals surface area (Å²) in [4.78, 5) is 0. The second-order valence-electron chi connectivity index (χ2n) is 12.7. The predicted molar refractivity (Wildman–Crippen MR) is 111 cm³/mol. The van der Waals surface area contributed by atoms with Gasteiger partial charge in [-0.3, -0.25) is 0 Å². The van der Waals surface area contributed by atoms with Gasteiger partial charge in [0.15, 0.2) is 0 Å². The summed E-state index contributed by atoms with van der Waals surface area (Å²) in [5.74, 6) is 5.09. The van der Waals surface area contributed by atoms with Gasteiger partial charge in [-0.05, 0) is 109 Å². The van der Waals surface area contributed by atoms with E-state index in [2.05, 4.69) is 34.6 Å². The van der Waals surface area contributed by atoms with Crippen molar-refractivity contribution in [3.05, 3.63) is 0 Å². The topological polar surface area (TPSA) is 0 Å². The summed E-state index contributed by atoms with van der Waals surface area (Å²) in [6.07, 6.45) is 18.4. The molecule has 5 aliphatic rings. The van der Waals surface area contributed by atoms with Gasteiger partial charge in [0.25, 0.3) is 0 Å². The molecule has 9 unspecified atom stereocenters. The standard InChI is InChI=1S/C26H44/c1-18-8-6-14-24(3)19(18)12-15-26(5)22(24)11-10-21-20-9-7-13-23(20,2)16-17-25(21,26)4/h18-22H,6-17H2,1-5H3. The zero-order chi connectivity index (χ0) is 18.4. The number of hydrogen-bond donors (Lipinski definition) is 0. The van der Waals surface area contributed by atoms with Crippen molar-refractivity contribution in [1.29, 1.82) is 0 Å². The van der Waals surface area contributed by atoms with Crippen molar-refractivity contribution in [3.8, 4) is 0 Å². The Kier molecular flexibility index (Phi) is 3.84. The predicted octanol–water partition coefficient (Wildman–Crippen LogP) is 7.86. The SMILES string of the molecule is CC1CCCC2(C)C1CCC1(C)C2CCC2C3CCCC3(C)CCC21C. The fourth-order valence-corrected chi connectivity index (χ4v) is 10.6. The monoisotopic (exact) mass is 356 g/mol. The molecule has 0 bridgehead atoms. The second kappa shape index (κ2) is 5.54. The first kappa shape index (κ1) is 18.1. The minimum Gasteiger partial charge on any atom is -0.0622 e. The van der Waals surface area contributed by atoms with Crippen LogP contribution in [-0.4, -0.2) is 0 Å². The Bertz CT molecular complexity index is 579. The van der Waals surface area contributed by atoms with E-state index < -0.39 is 0 Å². The molecule has 9 atom stereocenters. The molecule has 0 N–H and O–H groups in total. The Morgan fingerprint density at radius 1 is 0.577 bits per heavy atom. The smallest absolute Gasteiger partial charge is 0.0235 e. The molecule has 148 valence electrons. The maximum atomic E-state index is 2.79. The van der Waals surface area contributed by atoms with Gasteiger partial charge in [0.1, 0.15) is 0 Å². The first-order valence-corrected chi connectivity index (χ1v) is 12.2. The van der Waals surface area contributed by atoms with Crippen LogP contribution >= 0.6 is 0 Å². The molecule has 5 saturated carbocycles. The van der Waals surface area contributed by atoms with Crippen molar-refractivity contribution in [2.24, 2.45) is 51.2 Å². The molecule has 0 aromatic carbocycles. The molecule has 0 amide bonds. The zero-order valence-corrected chi connectivity index (χ0v) is 18.4. The Balaban J connectivity index is 1.53. The Hall–Kier alpha value is 0. The third kappa shape index (κ3) is 2.03. The Morgan fingerprint density at radius 2 is 1.35 bits per heavy atom. The van der Waals surface area contributed by atoms with Crippen molar-refractivity contribution in [3.63, 3.8) is 0 Å². The highest BCUT2D eigenvalue weighted by Crippen LogP contribution is 2.75. The summed E-state index contributed by atoms with van der Waals surface area (Å²) in [6.45, 7) is 13.6. The van der Waals surface area contributed by atoms with Crippen molar-refractivity contribution in [1.82, 2.24) is 0 Å². The van der Waals surface area contributed by atoms with Gasteiger partial charge in [-0.25, -0.2) is 0 Å². The normalized spacial score (nSPS) is 62.0. The first-order valence-electron chi connectivity index (χ1n) is 12.2. The van der Waals surface area contributed by atoms with Gasteiger partial charge in [-0.2, -0.15) is 0 Å². The largest absolute Gasteiger partial charge is 0.0622 e. The molecule has 0 aliphatic heterocycles. The van der Waals surface area contributed by atoms with Gasteiger partial charge in [0.2, 0.25) is 0 Å². The molecular weight excluding hydrogens is 312 g/mol. The van der Waals surface area contributed by atoms with Gasteiger partial charge < -0.3 is 0 Å². The van der Waals surface area contributed by atoms with E-state index in [0.717, 1.165) is 29.6 Å². The van der Waals surface area contributed by atoms with E-state index in [1.54, 1.807) is 25.7 Å². The number of hydrogen-bond acceptors (Lipinski definition) is 0. The Labute approximate surface area is 163 Å². The van der Waals surface area contributed by atoms with Crippen LogP contribution in [0.15, 0.2) is 0 Å². The molecule has 5 rings (SSSR count). The molecule has 0 spiro atoms. The van der Waals surface area contributed by atoms with Gasteiger partial charge in [0, 0.05) is 0 Å². The third-order valence-electron chi connectivity index (χ3n) is 12.2. The van der Waals surface area contributed by atoms with Gasteiger partial charge in [-0.15, -0.1) is 0 Å². The first-order chi connectivity index (χ1) is 12.2. The Morgan fingerprint density at radius 3 is 2.15 bits per heavy atom. The lowest BCUT2D eigenvalue weighted by Crippen LogP contribution is -2.64. The molecule has 0 heteroatoms. The molecule has 0 aromatic rings. The van der Waals surface area contributed by atoms with Gasteiger partial charge >= 0.3 is 0 Å². The van der Waals surface area contributed by atoms with E-state index in [9.17, 15) is 0 Å². The summed E-state index contributed by atoms with van der Waals surface area (Å²) in [7, 11) is 0. The van der Waals surface area contributed by atoms with E-state index in [-0.39, 0.29) is 0 Å². The molecular formula is C26H44. The fourth-order valence-electron chi connectivity index (χ4n) is 10.6. The highest BCUT2D eigenvalue weighted by molar-refractivity contribution is 5.16. The van der Waals surface area contributed by atoms with Crippen LogP contribution in [0.4, 0.5) is 0 Å². The van der Waals surface area contributed by atoms with Crippen LogP contribution in [0.25, 0.3) is 0 Å². The molecule has 0 nitrogen and oxygen atoms in total. The fraction of sp³-hybridized carbons (Fsp3) is 1.00. The summed E-state index contributed by atoms with van der Waals surface area (Å²) in [6, 6.07) is 0. The second-order valence-corrected chi connectivity index (χ2v) is 12.7. The average molecular weight is 357 g/mol. The van der Waals surface area contributed by atoms with Crippen LogP contribution in [0.5, 0.6) is 0 Å².